The summed E-state index contributed by atoms with van der Waals surface area (Å²) in [5, 5.41) is 4.01. The SMILES string of the molecule is CCC1CCCCC1NC(c1ccccc1)C(C)(C)C. The summed E-state index contributed by atoms with van der Waals surface area (Å²) >= 11 is 0. The number of nitrogens with one attached hydrogen (secondary N) is 1. The molecule has 1 heteroatoms. The first-order chi connectivity index (χ1) is 9.52. The number of hydrogen-bond donors (Lipinski definition) is 1. The van der Waals surface area contributed by atoms with Crippen molar-refractivity contribution < 1.29 is 0 Å². The summed E-state index contributed by atoms with van der Waals surface area (Å²) in [5.41, 5.74) is 1.68. The molecule has 0 spiro atoms. The van der Waals surface area contributed by atoms with Crippen LogP contribution in [0.1, 0.15) is 71.4 Å². The molecule has 0 amide bonds. The smallest absolute Gasteiger partial charge is 0.0371 e. The lowest BCUT2D eigenvalue weighted by molar-refractivity contribution is 0.181. The molecule has 0 radical (unpaired) electrons. The van der Waals surface area contributed by atoms with Gasteiger partial charge >= 0.3 is 0 Å². The highest BCUT2D eigenvalue weighted by molar-refractivity contribution is 5.21. The number of rotatable bonds is 4. The van der Waals surface area contributed by atoms with Gasteiger partial charge in [0, 0.05) is 12.1 Å². The highest BCUT2D eigenvalue weighted by Crippen LogP contribution is 2.36. The van der Waals surface area contributed by atoms with E-state index < -0.39 is 0 Å². The van der Waals surface area contributed by atoms with Gasteiger partial charge in [0.25, 0.3) is 0 Å². The molecule has 0 aliphatic heterocycles. The van der Waals surface area contributed by atoms with Gasteiger partial charge in [0.1, 0.15) is 0 Å². The van der Waals surface area contributed by atoms with Crippen LogP contribution in [-0.2, 0) is 0 Å². The molecule has 0 aromatic heterocycles. The Morgan fingerprint density at radius 3 is 2.35 bits per heavy atom. The van der Waals surface area contributed by atoms with Crippen LogP contribution in [0.25, 0.3) is 0 Å². The van der Waals surface area contributed by atoms with Crippen molar-refractivity contribution in [3.63, 3.8) is 0 Å². The van der Waals surface area contributed by atoms with Crippen molar-refractivity contribution in [2.45, 2.75) is 71.9 Å². The maximum atomic E-state index is 4.01. The Kier molecular flexibility index (Phi) is 5.26. The molecule has 1 fully saturated rings. The van der Waals surface area contributed by atoms with Crippen LogP contribution in [0, 0.1) is 11.3 Å². The first-order valence-electron chi connectivity index (χ1n) is 8.33. The zero-order valence-electron chi connectivity index (χ0n) is 13.7. The van der Waals surface area contributed by atoms with Crippen LogP contribution >= 0.6 is 0 Å². The molecule has 1 saturated carbocycles. The van der Waals surface area contributed by atoms with Crippen molar-refractivity contribution >= 4 is 0 Å². The topological polar surface area (TPSA) is 12.0 Å². The predicted molar refractivity (Wildman–Crippen MR) is 87.8 cm³/mol. The van der Waals surface area contributed by atoms with Crippen LogP contribution in [0.2, 0.25) is 0 Å². The molecule has 0 heterocycles. The summed E-state index contributed by atoms with van der Waals surface area (Å²) in [4.78, 5) is 0. The Bertz CT molecular complexity index is 390. The summed E-state index contributed by atoms with van der Waals surface area (Å²) in [7, 11) is 0. The van der Waals surface area contributed by atoms with Gasteiger partial charge in [0.15, 0.2) is 0 Å². The van der Waals surface area contributed by atoms with E-state index in [2.05, 4.69) is 63.3 Å². The van der Waals surface area contributed by atoms with E-state index >= 15 is 0 Å². The lowest BCUT2D eigenvalue weighted by atomic mass is 9.78. The van der Waals surface area contributed by atoms with Crippen LogP contribution < -0.4 is 5.32 Å². The van der Waals surface area contributed by atoms with E-state index in [1.165, 1.54) is 37.7 Å². The van der Waals surface area contributed by atoms with Gasteiger partial charge in [-0.3, -0.25) is 0 Å². The summed E-state index contributed by atoms with van der Waals surface area (Å²) in [6.45, 7) is 9.39. The van der Waals surface area contributed by atoms with Gasteiger partial charge in [-0.1, -0.05) is 77.3 Å². The molecule has 0 saturated heterocycles. The Labute approximate surface area is 125 Å². The van der Waals surface area contributed by atoms with Gasteiger partial charge in [-0.15, -0.1) is 0 Å². The monoisotopic (exact) mass is 273 g/mol. The minimum Gasteiger partial charge on any atom is -0.306 e. The van der Waals surface area contributed by atoms with Gasteiger partial charge < -0.3 is 5.32 Å². The average Bonchev–Trinajstić information content (AvgIpc) is 2.45. The highest BCUT2D eigenvalue weighted by atomic mass is 15.0. The van der Waals surface area contributed by atoms with E-state index in [-0.39, 0.29) is 5.41 Å². The first-order valence-corrected chi connectivity index (χ1v) is 8.33. The molecule has 1 aromatic carbocycles. The molecule has 3 unspecified atom stereocenters. The second kappa shape index (κ2) is 6.76. The van der Waals surface area contributed by atoms with E-state index in [1.807, 2.05) is 0 Å². The fourth-order valence-electron chi connectivity index (χ4n) is 3.62. The van der Waals surface area contributed by atoms with E-state index in [0.717, 1.165) is 5.92 Å². The molecular formula is C19H31N. The van der Waals surface area contributed by atoms with E-state index in [1.54, 1.807) is 0 Å². The number of benzene rings is 1. The van der Waals surface area contributed by atoms with Crippen molar-refractivity contribution in [3.8, 4) is 0 Å². The quantitative estimate of drug-likeness (QED) is 0.781. The third-order valence-electron chi connectivity index (χ3n) is 4.81. The van der Waals surface area contributed by atoms with Crippen molar-refractivity contribution in [1.29, 1.82) is 0 Å². The van der Waals surface area contributed by atoms with Gasteiger partial charge in [-0.25, -0.2) is 0 Å². The second-order valence-electron chi connectivity index (χ2n) is 7.44. The molecule has 112 valence electrons. The molecule has 3 atom stereocenters. The Balaban J connectivity index is 2.16. The summed E-state index contributed by atoms with van der Waals surface area (Å²) < 4.78 is 0. The Morgan fingerprint density at radius 1 is 1.10 bits per heavy atom. The van der Waals surface area contributed by atoms with E-state index in [0.29, 0.717) is 12.1 Å². The third kappa shape index (κ3) is 3.85. The third-order valence-corrected chi connectivity index (χ3v) is 4.81. The van der Waals surface area contributed by atoms with Crippen molar-refractivity contribution in [2.75, 3.05) is 0 Å². The van der Waals surface area contributed by atoms with Gasteiger partial charge in [0.05, 0.1) is 0 Å². The zero-order valence-corrected chi connectivity index (χ0v) is 13.7. The fourth-order valence-corrected chi connectivity index (χ4v) is 3.62. The van der Waals surface area contributed by atoms with Crippen LogP contribution in [0.15, 0.2) is 30.3 Å². The van der Waals surface area contributed by atoms with Crippen molar-refractivity contribution in [3.05, 3.63) is 35.9 Å². The van der Waals surface area contributed by atoms with Crippen molar-refractivity contribution in [1.82, 2.24) is 5.32 Å². The molecular weight excluding hydrogens is 242 g/mol. The molecule has 1 aliphatic rings. The molecule has 1 aromatic rings. The minimum absolute atomic E-state index is 0.247. The summed E-state index contributed by atoms with van der Waals surface area (Å²) in [5.74, 6) is 0.859. The summed E-state index contributed by atoms with van der Waals surface area (Å²) in [6.07, 6.45) is 6.86. The summed E-state index contributed by atoms with van der Waals surface area (Å²) in [6, 6.07) is 12.1. The first kappa shape index (κ1) is 15.6. The van der Waals surface area contributed by atoms with Gasteiger partial charge in [-0.05, 0) is 29.7 Å². The normalized spacial score (nSPS) is 25.4. The molecule has 1 nitrogen and oxygen atoms in total. The highest BCUT2D eigenvalue weighted by Gasteiger charge is 2.31. The average molecular weight is 273 g/mol. The molecule has 2 rings (SSSR count). The molecule has 1 aliphatic carbocycles. The standard InChI is InChI=1S/C19H31N/c1-5-15-11-9-10-14-17(15)20-18(19(2,3)4)16-12-7-6-8-13-16/h6-8,12-13,15,17-18,20H,5,9-11,14H2,1-4H3. The zero-order chi connectivity index (χ0) is 14.6. The van der Waals surface area contributed by atoms with Crippen molar-refractivity contribution in [2.24, 2.45) is 11.3 Å². The second-order valence-corrected chi connectivity index (χ2v) is 7.44. The maximum Gasteiger partial charge on any atom is 0.0371 e. The van der Waals surface area contributed by atoms with Crippen LogP contribution in [0.5, 0.6) is 0 Å². The largest absolute Gasteiger partial charge is 0.306 e. The molecule has 20 heavy (non-hydrogen) atoms. The predicted octanol–water partition coefficient (Wildman–Crippen LogP) is 5.33. The Morgan fingerprint density at radius 2 is 1.75 bits per heavy atom. The fraction of sp³-hybridized carbons (Fsp3) is 0.684. The van der Waals surface area contributed by atoms with Gasteiger partial charge in [0.2, 0.25) is 0 Å². The minimum atomic E-state index is 0.247. The van der Waals surface area contributed by atoms with Crippen LogP contribution in [-0.4, -0.2) is 6.04 Å². The van der Waals surface area contributed by atoms with E-state index in [9.17, 15) is 0 Å². The van der Waals surface area contributed by atoms with Crippen LogP contribution in [0.3, 0.4) is 0 Å². The molecule has 1 N–H and O–H groups in total. The lowest BCUT2D eigenvalue weighted by Crippen LogP contribution is -2.44. The lowest BCUT2D eigenvalue weighted by Gasteiger charge is -2.40. The van der Waals surface area contributed by atoms with E-state index in [4.69, 9.17) is 0 Å². The maximum absolute atomic E-state index is 4.01. The molecule has 0 bridgehead atoms. The number of hydrogen-bond acceptors (Lipinski definition) is 1. The van der Waals surface area contributed by atoms with Gasteiger partial charge in [-0.2, -0.15) is 0 Å². The van der Waals surface area contributed by atoms with Crippen LogP contribution in [0.4, 0.5) is 0 Å². The Hall–Kier alpha value is -0.820.